The molecular formula is C94H178O13. The summed E-state index contributed by atoms with van der Waals surface area (Å²) in [6, 6.07) is 0. The van der Waals surface area contributed by atoms with Crippen LogP contribution in [0.15, 0.2) is 0 Å². The number of ether oxygens (including phenoxy) is 7. The Balaban J connectivity index is 7.17. The van der Waals surface area contributed by atoms with Crippen LogP contribution >= 0.6 is 0 Å². The van der Waals surface area contributed by atoms with Crippen LogP contribution in [0.25, 0.3) is 0 Å². The van der Waals surface area contributed by atoms with Crippen molar-refractivity contribution in [2.24, 2.45) is 10.8 Å². The first-order valence-corrected chi connectivity index (χ1v) is 47.0. The molecule has 0 unspecified atom stereocenters. The van der Waals surface area contributed by atoms with E-state index in [4.69, 9.17) is 33.2 Å². The summed E-state index contributed by atoms with van der Waals surface area (Å²) >= 11 is 0. The molecule has 0 rings (SSSR count). The number of carbonyl (C=O) groups is 6. The van der Waals surface area contributed by atoms with Crippen LogP contribution in [0, 0.1) is 10.8 Å². The van der Waals surface area contributed by atoms with Gasteiger partial charge in [0.05, 0.1) is 24.0 Å². The zero-order valence-electron chi connectivity index (χ0n) is 71.9. The summed E-state index contributed by atoms with van der Waals surface area (Å²) in [5.74, 6) is -2.34. The molecule has 0 aliphatic rings. The monoisotopic (exact) mass is 1520 g/mol. The van der Waals surface area contributed by atoms with Crippen molar-refractivity contribution in [2.75, 3.05) is 52.9 Å². The van der Waals surface area contributed by atoms with Gasteiger partial charge in [0.15, 0.2) is 0 Å². The lowest BCUT2D eigenvalue weighted by Crippen LogP contribution is -2.47. The topological polar surface area (TPSA) is 167 Å². The summed E-state index contributed by atoms with van der Waals surface area (Å²) in [5, 5.41) is 0. The minimum atomic E-state index is -1.36. The highest BCUT2D eigenvalue weighted by Gasteiger charge is 2.41. The van der Waals surface area contributed by atoms with Crippen molar-refractivity contribution in [1.29, 1.82) is 0 Å². The Kier molecular flexibility index (Phi) is 79.8. The lowest BCUT2D eigenvalue weighted by molar-refractivity contribution is -0.175. The van der Waals surface area contributed by atoms with Gasteiger partial charge in [-0.15, -0.1) is 0 Å². The maximum atomic E-state index is 13.9. The molecule has 107 heavy (non-hydrogen) atoms. The second kappa shape index (κ2) is 82.2. The molecule has 0 aromatic rings. The molecular weight excluding hydrogens is 1340 g/mol. The predicted molar refractivity (Wildman–Crippen MR) is 448 cm³/mol. The molecule has 13 nitrogen and oxygen atoms in total. The van der Waals surface area contributed by atoms with E-state index < -0.39 is 46.6 Å². The molecule has 0 aromatic heterocycles. The predicted octanol–water partition coefficient (Wildman–Crippen LogP) is 28.4. The maximum absolute atomic E-state index is 13.9. The number of unbranched alkanes of at least 4 members (excludes halogenated alkanes) is 60. The highest BCUT2D eigenvalue weighted by molar-refractivity contribution is 5.71. The standard InChI is InChI=1S/C94H178O13/c1-7-13-19-25-31-37-43-49-55-61-67-73-87(95)102-81-93(82-103-88(96)74-68-62-56-50-44-38-32-26-20-14-8-2,83-104-89(97)75-69-63-57-51-45-39-33-27-21-15-9-3)79-101-80-94(84-105-90(98)76-70-64-58-52-46-40-34-28-22-16-10-4,85-106-91(99)77-71-65-59-53-47-41-35-29-23-17-11-5)86-107-92(100)78-72-66-60-54-48-42-36-30-24-18-12-6/h7-86H2,1-6H3. The van der Waals surface area contributed by atoms with E-state index >= 15 is 0 Å². The van der Waals surface area contributed by atoms with Gasteiger partial charge >= 0.3 is 35.8 Å². The third-order valence-electron chi connectivity index (χ3n) is 22.0. The number of hydrogen-bond donors (Lipinski definition) is 0. The second-order valence-electron chi connectivity index (χ2n) is 33.2. The van der Waals surface area contributed by atoms with Crippen LogP contribution in [0.2, 0.25) is 0 Å². The van der Waals surface area contributed by atoms with Crippen molar-refractivity contribution in [2.45, 2.75) is 504 Å². The quantitative estimate of drug-likeness (QED) is 0.0321. The average molecular weight is 1520 g/mol. The fourth-order valence-corrected chi connectivity index (χ4v) is 14.4. The van der Waals surface area contributed by atoms with Crippen molar-refractivity contribution >= 4 is 35.8 Å². The first-order chi connectivity index (χ1) is 52.4. The highest BCUT2D eigenvalue weighted by atomic mass is 16.6. The molecule has 0 saturated carbocycles. The van der Waals surface area contributed by atoms with Crippen LogP contribution in [0.3, 0.4) is 0 Å². The van der Waals surface area contributed by atoms with Gasteiger partial charge in [-0.1, -0.05) is 427 Å². The van der Waals surface area contributed by atoms with Gasteiger partial charge in [0.25, 0.3) is 0 Å². The Morgan fingerprint density at radius 1 is 0.150 bits per heavy atom. The Hall–Kier alpha value is -3.22. The van der Waals surface area contributed by atoms with Gasteiger partial charge in [0.1, 0.15) is 39.6 Å². The Bertz CT molecular complexity index is 1600. The van der Waals surface area contributed by atoms with Gasteiger partial charge in [-0.2, -0.15) is 0 Å². The molecule has 0 spiro atoms. The van der Waals surface area contributed by atoms with Gasteiger partial charge in [0, 0.05) is 38.5 Å². The third kappa shape index (κ3) is 74.0. The van der Waals surface area contributed by atoms with Crippen LogP contribution in [0.4, 0.5) is 0 Å². The molecule has 0 N–H and O–H groups in total. The first kappa shape index (κ1) is 104. The molecule has 632 valence electrons. The average Bonchev–Trinajstić information content (AvgIpc) is 0.844. The van der Waals surface area contributed by atoms with E-state index in [1.165, 1.54) is 270 Å². The minimum absolute atomic E-state index is 0.216. The zero-order valence-corrected chi connectivity index (χ0v) is 71.9. The van der Waals surface area contributed by atoms with Crippen molar-refractivity contribution in [3.05, 3.63) is 0 Å². The molecule has 0 saturated heterocycles. The number of esters is 6. The van der Waals surface area contributed by atoms with E-state index in [0.717, 1.165) is 116 Å². The molecule has 0 aliphatic heterocycles. The van der Waals surface area contributed by atoms with E-state index in [0.29, 0.717) is 38.5 Å². The Labute approximate surface area is 661 Å². The van der Waals surface area contributed by atoms with E-state index in [1.54, 1.807) is 0 Å². The number of rotatable bonds is 88. The summed E-state index contributed by atoms with van der Waals surface area (Å²) in [6.45, 7) is 11.5. The summed E-state index contributed by atoms with van der Waals surface area (Å²) in [5.41, 5.74) is -2.72. The minimum Gasteiger partial charge on any atom is -0.465 e. The lowest BCUT2D eigenvalue weighted by Gasteiger charge is -2.35. The van der Waals surface area contributed by atoms with Crippen molar-refractivity contribution in [1.82, 2.24) is 0 Å². The summed E-state index contributed by atoms with van der Waals surface area (Å²) in [7, 11) is 0. The van der Waals surface area contributed by atoms with Crippen molar-refractivity contribution < 1.29 is 61.9 Å². The van der Waals surface area contributed by atoms with Gasteiger partial charge in [0.2, 0.25) is 0 Å². The Morgan fingerprint density at radius 2 is 0.252 bits per heavy atom. The highest BCUT2D eigenvalue weighted by Crippen LogP contribution is 2.29. The second-order valence-corrected chi connectivity index (χ2v) is 33.2. The van der Waals surface area contributed by atoms with Crippen molar-refractivity contribution in [3.63, 3.8) is 0 Å². The normalized spacial score (nSPS) is 11.7. The zero-order chi connectivity index (χ0) is 78.0. The molecule has 0 heterocycles. The third-order valence-corrected chi connectivity index (χ3v) is 22.0. The lowest BCUT2D eigenvalue weighted by atomic mass is 9.90. The molecule has 0 aromatic carbocycles. The summed E-state index contributed by atoms with van der Waals surface area (Å²) < 4.78 is 44.0. The first-order valence-electron chi connectivity index (χ1n) is 47.0. The van der Waals surface area contributed by atoms with E-state index in [2.05, 4.69) is 41.5 Å². The summed E-state index contributed by atoms with van der Waals surface area (Å²) in [6.07, 6.45) is 77.0. The van der Waals surface area contributed by atoms with Crippen LogP contribution in [0.1, 0.15) is 504 Å². The molecule has 0 amide bonds. The number of carbonyl (C=O) groups excluding carboxylic acids is 6. The molecule has 13 heteroatoms. The van der Waals surface area contributed by atoms with Crippen LogP contribution in [-0.2, 0) is 61.9 Å². The summed E-state index contributed by atoms with van der Waals surface area (Å²) in [4.78, 5) is 83.5. The Morgan fingerprint density at radius 3 is 0.364 bits per heavy atom. The van der Waals surface area contributed by atoms with Gasteiger partial charge in [-0.05, 0) is 38.5 Å². The van der Waals surface area contributed by atoms with Gasteiger partial charge < -0.3 is 33.2 Å². The largest absolute Gasteiger partial charge is 0.465 e. The molecule has 0 aliphatic carbocycles. The van der Waals surface area contributed by atoms with E-state index in [-0.39, 0.29) is 91.4 Å². The fourth-order valence-electron chi connectivity index (χ4n) is 14.4. The molecule has 0 radical (unpaired) electrons. The van der Waals surface area contributed by atoms with Crippen LogP contribution in [0.5, 0.6) is 0 Å². The smallest absolute Gasteiger partial charge is 0.305 e. The SMILES string of the molecule is CCCCCCCCCCCCCC(=O)OCC(COCC(COC(=O)CCCCCCCCCCCCC)(COC(=O)CCCCCCCCCCCCC)COC(=O)CCCCCCCCCCCCC)(COC(=O)CCCCCCCCCCCCC)COC(=O)CCCCCCCCCCCCC. The van der Waals surface area contributed by atoms with Crippen LogP contribution < -0.4 is 0 Å². The molecule has 0 fully saturated rings. The van der Waals surface area contributed by atoms with E-state index in [1.807, 2.05) is 0 Å². The van der Waals surface area contributed by atoms with Crippen LogP contribution in [-0.4, -0.2) is 88.7 Å². The van der Waals surface area contributed by atoms with E-state index in [9.17, 15) is 28.8 Å². The molecule has 0 bridgehead atoms. The molecule has 0 atom stereocenters. The number of hydrogen-bond acceptors (Lipinski definition) is 13. The maximum Gasteiger partial charge on any atom is 0.305 e. The van der Waals surface area contributed by atoms with Crippen molar-refractivity contribution in [3.8, 4) is 0 Å². The fraction of sp³-hybridized carbons (Fsp3) is 0.936. The van der Waals surface area contributed by atoms with Gasteiger partial charge in [-0.25, -0.2) is 0 Å². The van der Waals surface area contributed by atoms with Gasteiger partial charge in [-0.3, -0.25) is 28.8 Å².